The number of piperidine rings is 1. The van der Waals surface area contributed by atoms with E-state index in [1.807, 2.05) is 29.2 Å². The first kappa shape index (κ1) is 19.9. The number of urea groups is 1. The normalized spacial score (nSPS) is 17.0. The Morgan fingerprint density at radius 1 is 1.13 bits per heavy atom. The van der Waals surface area contributed by atoms with Crippen molar-refractivity contribution in [3.63, 3.8) is 0 Å². The van der Waals surface area contributed by atoms with Gasteiger partial charge in [0.05, 0.1) is 11.3 Å². The summed E-state index contributed by atoms with van der Waals surface area (Å²) in [7, 11) is 0. The van der Waals surface area contributed by atoms with Gasteiger partial charge < -0.3 is 15.5 Å². The van der Waals surface area contributed by atoms with Gasteiger partial charge in [0.1, 0.15) is 5.82 Å². The fourth-order valence-electron chi connectivity index (χ4n) is 3.62. The lowest BCUT2D eigenvalue weighted by molar-refractivity contribution is -0.137. The van der Waals surface area contributed by atoms with E-state index >= 15 is 0 Å². The van der Waals surface area contributed by atoms with E-state index in [2.05, 4.69) is 20.6 Å². The van der Waals surface area contributed by atoms with E-state index in [9.17, 15) is 18.0 Å². The summed E-state index contributed by atoms with van der Waals surface area (Å²) in [6.07, 6.45) is 1.41. The molecule has 0 spiro atoms. The lowest BCUT2D eigenvalue weighted by atomic mass is 10.1. The van der Waals surface area contributed by atoms with E-state index in [4.69, 9.17) is 0 Å². The average Bonchev–Trinajstić information content (AvgIpc) is 2.74. The molecule has 1 saturated heterocycles. The monoisotopic (exact) mass is 415 g/mol. The van der Waals surface area contributed by atoms with Gasteiger partial charge in [0.15, 0.2) is 0 Å². The summed E-state index contributed by atoms with van der Waals surface area (Å²) in [5, 5.41) is 7.64. The first-order valence-corrected chi connectivity index (χ1v) is 9.58. The van der Waals surface area contributed by atoms with Gasteiger partial charge in [-0.1, -0.05) is 12.1 Å². The molecule has 4 rings (SSSR count). The van der Waals surface area contributed by atoms with E-state index in [1.54, 1.807) is 12.4 Å². The molecular weight excluding hydrogens is 395 g/mol. The maximum absolute atomic E-state index is 12.7. The van der Waals surface area contributed by atoms with Crippen LogP contribution in [0, 0.1) is 0 Å². The molecule has 0 saturated carbocycles. The SMILES string of the molecule is O=C(Nc1cccc2cnccc12)NC1CCCN(c2ccc(C(F)(F)F)cn2)C1. The fraction of sp³-hybridized carbons (Fsp3) is 0.286. The predicted molar refractivity (Wildman–Crippen MR) is 108 cm³/mol. The zero-order valence-electron chi connectivity index (χ0n) is 16.0. The van der Waals surface area contributed by atoms with Crippen LogP contribution in [-0.4, -0.2) is 35.1 Å². The van der Waals surface area contributed by atoms with Crippen molar-refractivity contribution in [2.24, 2.45) is 0 Å². The van der Waals surface area contributed by atoms with E-state index in [0.29, 0.717) is 24.6 Å². The van der Waals surface area contributed by atoms with Gasteiger partial charge >= 0.3 is 12.2 Å². The summed E-state index contributed by atoms with van der Waals surface area (Å²) in [5.74, 6) is 0.469. The maximum Gasteiger partial charge on any atom is 0.417 e. The van der Waals surface area contributed by atoms with Crippen LogP contribution in [0.3, 0.4) is 0 Å². The minimum atomic E-state index is -4.41. The van der Waals surface area contributed by atoms with Crippen LogP contribution in [-0.2, 0) is 6.18 Å². The molecule has 2 aromatic heterocycles. The van der Waals surface area contributed by atoms with Gasteiger partial charge in [-0.3, -0.25) is 4.98 Å². The smallest absolute Gasteiger partial charge is 0.355 e. The predicted octanol–water partition coefficient (Wildman–Crippen LogP) is 4.44. The van der Waals surface area contributed by atoms with Gasteiger partial charge in [-0.2, -0.15) is 13.2 Å². The molecule has 1 aliphatic heterocycles. The summed E-state index contributed by atoms with van der Waals surface area (Å²) in [6.45, 7) is 1.15. The number of pyridine rings is 2. The molecule has 0 radical (unpaired) electrons. The molecule has 1 atom stereocenters. The van der Waals surface area contributed by atoms with E-state index in [0.717, 1.165) is 35.9 Å². The molecule has 30 heavy (non-hydrogen) atoms. The summed E-state index contributed by atoms with van der Waals surface area (Å²) >= 11 is 0. The van der Waals surface area contributed by atoms with Crippen molar-refractivity contribution in [1.82, 2.24) is 15.3 Å². The molecule has 3 aromatic rings. The topological polar surface area (TPSA) is 70.2 Å². The molecule has 9 heteroatoms. The Balaban J connectivity index is 1.39. The molecule has 6 nitrogen and oxygen atoms in total. The van der Waals surface area contributed by atoms with Crippen molar-refractivity contribution in [1.29, 1.82) is 0 Å². The molecule has 2 N–H and O–H groups in total. The average molecular weight is 415 g/mol. The molecule has 0 bridgehead atoms. The van der Waals surface area contributed by atoms with Crippen LogP contribution in [0.1, 0.15) is 18.4 Å². The van der Waals surface area contributed by atoms with Crippen molar-refractivity contribution in [3.05, 3.63) is 60.6 Å². The Morgan fingerprint density at radius 3 is 2.77 bits per heavy atom. The summed E-state index contributed by atoms with van der Waals surface area (Å²) in [6, 6.07) is 9.35. The number of halogens is 3. The quantitative estimate of drug-likeness (QED) is 0.664. The Hall–Kier alpha value is -3.36. The number of alkyl halides is 3. The number of aromatic nitrogens is 2. The lowest BCUT2D eigenvalue weighted by Gasteiger charge is -2.34. The number of carbonyl (C=O) groups is 1. The number of nitrogens with one attached hydrogen (secondary N) is 2. The molecule has 2 amide bonds. The highest BCUT2D eigenvalue weighted by Gasteiger charge is 2.31. The molecule has 0 aliphatic carbocycles. The van der Waals surface area contributed by atoms with Gasteiger partial charge in [0, 0.05) is 48.5 Å². The Kier molecular flexibility index (Phi) is 5.43. The van der Waals surface area contributed by atoms with Crippen LogP contribution in [0.4, 0.5) is 29.5 Å². The third-order valence-electron chi connectivity index (χ3n) is 5.08. The van der Waals surface area contributed by atoms with Crippen LogP contribution in [0.2, 0.25) is 0 Å². The number of hydrogen-bond donors (Lipinski definition) is 2. The summed E-state index contributed by atoms with van der Waals surface area (Å²) < 4.78 is 38.2. The first-order valence-electron chi connectivity index (χ1n) is 9.58. The zero-order valence-corrected chi connectivity index (χ0v) is 16.0. The molecule has 1 aromatic carbocycles. The van der Waals surface area contributed by atoms with Gasteiger partial charge in [-0.25, -0.2) is 9.78 Å². The van der Waals surface area contributed by atoms with Gasteiger partial charge in [0.25, 0.3) is 0 Å². The lowest BCUT2D eigenvalue weighted by Crippen LogP contribution is -2.49. The number of amides is 2. The molecule has 1 unspecified atom stereocenters. The molecular formula is C21H20F3N5O. The Labute approximate surface area is 171 Å². The van der Waals surface area contributed by atoms with E-state index in [1.165, 1.54) is 6.07 Å². The summed E-state index contributed by atoms with van der Waals surface area (Å²) in [4.78, 5) is 22.4. The number of carbonyl (C=O) groups excluding carboxylic acids is 1. The number of rotatable bonds is 3. The van der Waals surface area contributed by atoms with Gasteiger partial charge in [-0.15, -0.1) is 0 Å². The van der Waals surface area contributed by atoms with Crippen molar-refractivity contribution in [2.45, 2.75) is 25.1 Å². The van der Waals surface area contributed by atoms with Crippen molar-refractivity contribution in [3.8, 4) is 0 Å². The largest absolute Gasteiger partial charge is 0.417 e. The highest BCUT2D eigenvalue weighted by molar-refractivity contribution is 6.01. The van der Waals surface area contributed by atoms with Crippen LogP contribution >= 0.6 is 0 Å². The number of nitrogens with zero attached hydrogens (tertiary/aromatic N) is 3. The number of fused-ring (bicyclic) bond motifs is 1. The Morgan fingerprint density at radius 2 is 2.00 bits per heavy atom. The highest BCUT2D eigenvalue weighted by atomic mass is 19.4. The standard InChI is InChI=1S/C21H20F3N5O/c22-21(23,24)15-6-7-19(26-12-15)29-10-2-4-16(13-29)27-20(30)28-18-5-1-3-14-11-25-9-8-17(14)18/h1,3,5-9,11-12,16H,2,4,10,13H2,(H2,27,28,30). The van der Waals surface area contributed by atoms with Crippen molar-refractivity contribution < 1.29 is 18.0 Å². The minimum Gasteiger partial charge on any atom is -0.355 e. The zero-order chi connectivity index (χ0) is 21.1. The van der Waals surface area contributed by atoms with Crippen LogP contribution in [0.25, 0.3) is 10.8 Å². The number of anilines is 2. The van der Waals surface area contributed by atoms with Crippen molar-refractivity contribution in [2.75, 3.05) is 23.3 Å². The van der Waals surface area contributed by atoms with Gasteiger partial charge in [0.2, 0.25) is 0 Å². The molecule has 156 valence electrons. The van der Waals surface area contributed by atoms with Crippen LogP contribution < -0.4 is 15.5 Å². The first-order chi connectivity index (χ1) is 14.4. The number of benzene rings is 1. The van der Waals surface area contributed by atoms with E-state index < -0.39 is 11.7 Å². The fourth-order valence-corrected chi connectivity index (χ4v) is 3.62. The van der Waals surface area contributed by atoms with E-state index in [-0.39, 0.29) is 12.1 Å². The molecule has 1 aliphatic rings. The van der Waals surface area contributed by atoms with Crippen molar-refractivity contribution >= 4 is 28.3 Å². The minimum absolute atomic E-state index is 0.139. The summed E-state index contributed by atoms with van der Waals surface area (Å²) in [5.41, 5.74) is -0.0907. The van der Waals surface area contributed by atoms with Crippen LogP contribution in [0.5, 0.6) is 0 Å². The second-order valence-electron chi connectivity index (χ2n) is 7.19. The highest BCUT2D eigenvalue weighted by Crippen LogP contribution is 2.30. The molecule has 3 heterocycles. The third-order valence-corrected chi connectivity index (χ3v) is 5.08. The van der Waals surface area contributed by atoms with Gasteiger partial charge in [-0.05, 0) is 37.1 Å². The third kappa shape index (κ3) is 4.45. The van der Waals surface area contributed by atoms with Crippen LogP contribution in [0.15, 0.2) is 55.0 Å². The second-order valence-corrected chi connectivity index (χ2v) is 7.19. The Bertz CT molecular complexity index is 1030. The molecule has 1 fully saturated rings. The second kappa shape index (κ2) is 8.17. The number of hydrogen-bond acceptors (Lipinski definition) is 4. The maximum atomic E-state index is 12.7.